The van der Waals surface area contributed by atoms with E-state index < -0.39 is 16.3 Å². The number of ether oxygens (including phenoxy) is 2. The summed E-state index contributed by atoms with van der Waals surface area (Å²) in [5.74, 6) is 0. The zero-order valence-corrected chi connectivity index (χ0v) is 16.9. The second-order valence-electron chi connectivity index (χ2n) is 5.60. The SMILES string of the molecule is COC(CN(Cc1ccccc1Br)S(=O)(=O)c1ccc(C)cc1)OC. The van der Waals surface area contributed by atoms with Crippen LogP contribution in [0.2, 0.25) is 0 Å². The molecule has 0 aliphatic rings. The van der Waals surface area contributed by atoms with Gasteiger partial charge in [-0.15, -0.1) is 0 Å². The first-order valence-corrected chi connectivity index (χ1v) is 9.97. The van der Waals surface area contributed by atoms with Gasteiger partial charge in [-0.05, 0) is 30.7 Å². The Bertz CT molecular complexity index is 789. The highest BCUT2D eigenvalue weighted by Crippen LogP contribution is 2.23. The van der Waals surface area contributed by atoms with Gasteiger partial charge in [0.25, 0.3) is 0 Å². The van der Waals surface area contributed by atoms with Crippen LogP contribution in [0.5, 0.6) is 0 Å². The molecule has 0 aliphatic heterocycles. The third kappa shape index (κ3) is 5.12. The summed E-state index contributed by atoms with van der Waals surface area (Å²) < 4.78 is 38.9. The summed E-state index contributed by atoms with van der Waals surface area (Å²) in [6.07, 6.45) is -0.650. The Morgan fingerprint density at radius 3 is 2.20 bits per heavy atom. The quantitative estimate of drug-likeness (QED) is 0.604. The molecule has 0 radical (unpaired) electrons. The van der Waals surface area contributed by atoms with Crippen LogP contribution in [0.15, 0.2) is 57.9 Å². The van der Waals surface area contributed by atoms with Gasteiger partial charge in [-0.1, -0.05) is 51.8 Å². The van der Waals surface area contributed by atoms with Crippen LogP contribution in [-0.4, -0.2) is 39.8 Å². The van der Waals surface area contributed by atoms with Gasteiger partial charge < -0.3 is 9.47 Å². The molecule has 0 amide bonds. The molecule has 0 bridgehead atoms. The first kappa shape index (κ1) is 20.1. The minimum absolute atomic E-state index is 0.0878. The molecule has 0 spiro atoms. The molecule has 2 aromatic carbocycles. The summed E-state index contributed by atoms with van der Waals surface area (Å²) in [6, 6.07) is 14.3. The van der Waals surface area contributed by atoms with Crippen molar-refractivity contribution < 1.29 is 17.9 Å². The highest BCUT2D eigenvalue weighted by Gasteiger charge is 2.28. The van der Waals surface area contributed by atoms with Crippen LogP contribution in [-0.2, 0) is 26.0 Å². The van der Waals surface area contributed by atoms with Gasteiger partial charge in [-0.3, -0.25) is 0 Å². The third-order valence-corrected chi connectivity index (χ3v) is 6.44. The molecule has 0 atom stereocenters. The molecule has 0 aromatic heterocycles. The molecular weight excluding hydrogens is 406 g/mol. The van der Waals surface area contributed by atoms with E-state index in [0.717, 1.165) is 15.6 Å². The fourth-order valence-corrected chi connectivity index (χ4v) is 4.15. The lowest BCUT2D eigenvalue weighted by atomic mass is 10.2. The van der Waals surface area contributed by atoms with Crippen LogP contribution < -0.4 is 0 Å². The van der Waals surface area contributed by atoms with E-state index in [2.05, 4.69) is 15.9 Å². The lowest BCUT2D eigenvalue weighted by Crippen LogP contribution is -2.38. The molecule has 25 heavy (non-hydrogen) atoms. The van der Waals surface area contributed by atoms with E-state index in [-0.39, 0.29) is 18.0 Å². The van der Waals surface area contributed by atoms with Crippen molar-refractivity contribution in [3.05, 3.63) is 64.1 Å². The summed E-state index contributed by atoms with van der Waals surface area (Å²) in [6.45, 7) is 2.21. The molecule has 0 N–H and O–H groups in total. The first-order valence-electron chi connectivity index (χ1n) is 7.74. The fourth-order valence-electron chi connectivity index (χ4n) is 2.34. The predicted octanol–water partition coefficient (Wildman–Crippen LogP) is 3.57. The van der Waals surface area contributed by atoms with Crippen molar-refractivity contribution in [2.45, 2.75) is 24.7 Å². The Labute approximate surface area is 157 Å². The van der Waals surface area contributed by atoms with E-state index in [1.165, 1.54) is 18.5 Å². The summed E-state index contributed by atoms with van der Waals surface area (Å²) in [5, 5.41) is 0. The molecule has 2 aromatic rings. The van der Waals surface area contributed by atoms with Gasteiger partial charge in [0.1, 0.15) is 0 Å². The van der Waals surface area contributed by atoms with Crippen LogP contribution in [0.4, 0.5) is 0 Å². The molecule has 0 saturated carbocycles. The largest absolute Gasteiger partial charge is 0.354 e. The van der Waals surface area contributed by atoms with Crippen molar-refractivity contribution >= 4 is 26.0 Å². The van der Waals surface area contributed by atoms with Gasteiger partial charge >= 0.3 is 0 Å². The molecule has 136 valence electrons. The number of sulfonamides is 1. The van der Waals surface area contributed by atoms with Crippen LogP contribution in [0.3, 0.4) is 0 Å². The molecule has 7 heteroatoms. The topological polar surface area (TPSA) is 55.8 Å². The van der Waals surface area contributed by atoms with Crippen molar-refractivity contribution in [1.29, 1.82) is 0 Å². The number of nitrogens with zero attached hydrogens (tertiary/aromatic N) is 1. The van der Waals surface area contributed by atoms with Gasteiger partial charge in [-0.25, -0.2) is 8.42 Å². The van der Waals surface area contributed by atoms with E-state index in [0.29, 0.717) is 0 Å². The molecule has 5 nitrogen and oxygen atoms in total. The van der Waals surface area contributed by atoms with Gasteiger partial charge in [-0.2, -0.15) is 4.31 Å². The second-order valence-corrected chi connectivity index (χ2v) is 8.40. The van der Waals surface area contributed by atoms with Gasteiger partial charge in [0.2, 0.25) is 10.0 Å². The molecular formula is C18H22BrNO4S. The maximum atomic E-state index is 13.1. The maximum absolute atomic E-state index is 13.1. The Balaban J connectivity index is 2.39. The van der Waals surface area contributed by atoms with Crippen molar-refractivity contribution in [3.8, 4) is 0 Å². The Morgan fingerprint density at radius 2 is 1.64 bits per heavy atom. The lowest BCUT2D eigenvalue weighted by molar-refractivity contribution is -0.108. The zero-order chi connectivity index (χ0) is 18.4. The van der Waals surface area contributed by atoms with E-state index in [1.807, 2.05) is 31.2 Å². The molecule has 0 heterocycles. The summed E-state index contributed by atoms with van der Waals surface area (Å²) >= 11 is 3.47. The molecule has 2 rings (SSSR count). The number of hydrogen-bond acceptors (Lipinski definition) is 4. The second kappa shape index (κ2) is 8.91. The average molecular weight is 428 g/mol. The van der Waals surface area contributed by atoms with Crippen LogP contribution >= 0.6 is 15.9 Å². The normalized spacial score (nSPS) is 12.1. The highest BCUT2D eigenvalue weighted by molar-refractivity contribution is 9.10. The lowest BCUT2D eigenvalue weighted by Gasteiger charge is -2.26. The number of methoxy groups -OCH3 is 2. The first-order chi connectivity index (χ1) is 11.9. The Morgan fingerprint density at radius 1 is 1.04 bits per heavy atom. The molecule has 0 fully saturated rings. The predicted molar refractivity (Wildman–Crippen MR) is 101 cm³/mol. The third-order valence-electron chi connectivity index (χ3n) is 3.84. The minimum atomic E-state index is -3.70. The van der Waals surface area contributed by atoms with Gasteiger partial charge in [0.05, 0.1) is 11.4 Å². The number of rotatable bonds is 8. The van der Waals surface area contributed by atoms with E-state index >= 15 is 0 Å². The molecule has 0 unspecified atom stereocenters. The summed E-state index contributed by atoms with van der Waals surface area (Å²) in [7, 11) is -0.717. The van der Waals surface area contributed by atoms with E-state index in [9.17, 15) is 8.42 Å². The number of hydrogen-bond donors (Lipinski definition) is 0. The van der Waals surface area contributed by atoms with Crippen LogP contribution in [0.25, 0.3) is 0 Å². The van der Waals surface area contributed by atoms with E-state index in [1.54, 1.807) is 24.3 Å². The van der Waals surface area contributed by atoms with Crippen LogP contribution in [0.1, 0.15) is 11.1 Å². The van der Waals surface area contributed by atoms with E-state index in [4.69, 9.17) is 9.47 Å². The standard InChI is InChI=1S/C18H22BrNO4S/c1-14-8-10-16(11-9-14)25(21,22)20(13-18(23-2)24-3)12-15-6-4-5-7-17(15)19/h4-11,18H,12-13H2,1-3H3. The van der Waals surface area contributed by atoms with Gasteiger partial charge in [0.15, 0.2) is 6.29 Å². The smallest absolute Gasteiger partial charge is 0.243 e. The number of aryl methyl sites for hydroxylation is 1. The Hall–Kier alpha value is -1.25. The van der Waals surface area contributed by atoms with Crippen molar-refractivity contribution in [2.24, 2.45) is 0 Å². The summed E-state index contributed by atoms with van der Waals surface area (Å²) in [4.78, 5) is 0.246. The van der Waals surface area contributed by atoms with Crippen molar-refractivity contribution in [1.82, 2.24) is 4.31 Å². The van der Waals surface area contributed by atoms with Crippen molar-refractivity contribution in [2.75, 3.05) is 20.8 Å². The number of benzene rings is 2. The number of halogens is 1. The monoisotopic (exact) mass is 427 g/mol. The van der Waals surface area contributed by atoms with Crippen LogP contribution in [0, 0.1) is 6.92 Å². The highest BCUT2D eigenvalue weighted by atomic mass is 79.9. The van der Waals surface area contributed by atoms with Gasteiger partial charge in [0, 0.05) is 25.2 Å². The van der Waals surface area contributed by atoms with Crippen molar-refractivity contribution in [3.63, 3.8) is 0 Å². The Kier molecular flexibility index (Phi) is 7.15. The minimum Gasteiger partial charge on any atom is -0.354 e. The maximum Gasteiger partial charge on any atom is 0.243 e. The molecule has 0 aliphatic carbocycles. The summed E-state index contributed by atoms with van der Waals surface area (Å²) in [5.41, 5.74) is 1.87. The fraction of sp³-hybridized carbons (Fsp3) is 0.333. The zero-order valence-electron chi connectivity index (χ0n) is 14.5. The molecule has 0 saturated heterocycles. The average Bonchev–Trinajstić information content (AvgIpc) is 2.60.